The summed E-state index contributed by atoms with van der Waals surface area (Å²) in [6.07, 6.45) is 0. The number of aromatic hydroxyl groups is 1. The monoisotopic (exact) mass is 512 g/mol. The van der Waals surface area contributed by atoms with Crippen molar-refractivity contribution in [2.75, 3.05) is 13.4 Å². The van der Waals surface area contributed by atoms with Crippen LogP contribution in [0.4, 0.5) is 0 Å². The summed E-state index contributed by atoms with van der Waals surface area (Å²) in [6, 6.07) is 20.2. The molecule has 1 N–H and O–H groups in total. The third-order valence-electron chi connectivity index (χ3n) is 8.64. The van der Waals surface area contributed by atoms with Crippen LogP contribution in [0, 0.1) is 10.8 Å². The van der Waals surface area contributed by atoms with Crippen molar-refractivity contribution in [3.63, 3.8) is 0 Å². The number of rotatable bonds is 2. The maximum atomic E-state index is 11.9. The second-order valence-electron chi connectivity index (χ2n) is 12.3. The molecule has 3 heterocycles. The maximum Gasteiger partial charge on any atom is 0.262 e. The third kappa shape index (κ3) is 2.81. The Morgan fingerprint density at radius 1 is 0.842 bits per heavy atom. The normalized spacial score (nSPS) is 26.0. The Morgan fingerprint density at radius 3 is 2.26 bits per heavy atom. The Hall–Kier alpha value is -3.16. The quantitative estimate of drug-likeness (QED) is 0.287. The van der Waals surface area contributed by atoms with Crippen LogP contribution >= 0.6 is 0 Å². The van der Waals surface area contributed by atoms with Gasteiger partial charge in [0.25, 0.3) is 5.79 Å². The highest BCUT2D eigenvalue weighted by molar-refractivity contribution is 6.11. The molecule has 2 atom stereocenters. The van der Waals surface area contributed by atoms with Gasteiger partial charge in [-0.25, -0.2) is 4.89 Å². The number of phenols is 1. The summed E-state index contributed by atoms with van der Waals surface area (Å²) < 4.78 is 18.2. The van der Waals surface area contributed by atoms with Crippen LogP contribution in [-0.4, -0.2) is 24.1 Å². The summed E-state index contributed by atoms with van der Waals surface area (Å²) in [6.45, 7) is 11.8. The van der Waals surface area contributed by atoms with E-state index in [4.69, 9.17) is 24.0 Å². The van der Waals surface area contributed by atoms with Gasteiger partial charge in [-0.2, -0.15) is 4.89 Å². The fraction of sp³-hybridized carbons (Fsp3) is 0.375. The van der Waals surface area contributed by atoms with Crippen LogP contribution in [0.2, 0.25) is 0 Å². The largest absolute Gasteiger partial charge is 0.507 e. The van der Waals surface area contributed by atoms with E-state index in [0.717, 1.165) is 49.5 Å². The van der Waals surface area contributed by atoms with Crippen molar-refractivity contribution >= 4 is 21.5 Å². The zero-order chi connectivity index (χ0) is 26.5. The van der Waals surface area contributed by atoms with E-state index < -0.39 is 11.4 Å². The number of fused-ring (bicyclic) bond motifs is 4. The van der Waals surface area contributed by atoms with Gasteiger partial charge < -0.3 is 19.3 Å². The lowest BCUT2D eigenvalue weighted by Crippen LogP contribution is -2.73. The minimum Gasteiger partial charge on any atom is -0.507 e. The van der Waals surface area contributed by atoms with Crippen LogP contribution in [-0.2, 0) is 31.6 Å². The van der Waals surface area contributed by atoms with Crippen LogP contribution in [0.25, 0.3) is 32.7 Å². The molecule has 0 spiro atoms. The van der Waals surface area contributed by atoms with Gasteiger partial charge in [-0.1, -0.05) is 83.1 Å². The molecular weight excluding hydrogens is 480 g/mol. The van der Waals surface area contributed by atoms with Gasteiger partial charge >= 0.3 is 0 Å². The number of hydrogen-bond acceptors (Lipinski definition) is 6. The van der Waals surface area contributed by atoms with E-state index in [0.29, 0.717) is 13.2 Å². The number of phenolic OH excluding ortho intramolecular Hbond substituents is 1. The molecule has 4 aromatic carbocycles. The van der Waals surface area contributed by atoms with Crippen LogP contribution in [0.1, 0.15) is 45.7 Å². The number of ether oxygens (including phenoxy) is 3. The molecule has 196 valence electrons. The fourth-order valence-electron chi connectivity index (χ4n) is 7.27. The average molecular weight is 513 g/mol. The third-order valence-corrected chi connectivity index (χ3v) is 8.64. The van der Waals surface area contributed by atoms with Crippen molar-refractivity contribution in [3.8, 4) is 22.6 Å². The molecule has 0 aromatic heterocycles. The first-order valence-corrected chi connectivity index (χ1v) is 13.1. The summed E-state index contributed by atoms with van der Waals surface area (Å²) >= 11 is 0. The number of hydrogen-bond donors (Lipinski definition) is 1. The Kier molecular flexibility index (Phi) is 4.85. The highest BCUT2D eigenvalue weighted by atomic mass is 17.3. The van der Waals surface area contributed by atoms with E-state index >= 15 is 0 Å². The Bertz CT molecular complexity index is 1620. The smallest absolute Gasteiger partial charge is 0.262 e. The molecule has 0 radical (unpaired) electrons. The summed E-state index contributed by atoms with van der Waals surface area (Å²) in [4.78, 5) is 12.1. The highest BCUT2D eigenvalue weighted by Gasteiger charge is 2.81. The van der Waals surface area contributed by atoms with Gasteiger partial charge in [-0.3, -0.25) is 0 Å². The SMILES string of the molecule is CC(C)(C)[C@@]12OO[C@]1(c1cc(O)c(-c3c4c(cc5ccccc35)COCO4)c3ccccc13)OCC2(C)C. The van der Waals surface area contributed by atoms with Gasteiger partial charge in [0.2, 0.25) is 0 Å². The van der Waals surface area contributed by atoms with E-state index in [9.17, 15) is 5.11 Å². The molecule has 0 aliphatic carbocycles. The minimum atomic E-state index is -1.16. The summed E-state index contributed by atoms with van der Waals surface area (Å²) in [5, 5.41) is 15.8. The molecule has 38 heavy (non-hydrogen) atoms. The van der Waals surface area contributed by atoms with Gasteiger partial charge in [-0.15, -0.1) is 0 Å². The lowest BCUT2D eigenvalue weighted by Gasteiger charge is -2.61. The predicted molar refractivity (Wildman–Crippen MR) is 145 cm³/mol. The topological polar surface area (TPSA) is 66.4 Å². The lowest BCUT2D eigenvalue weighted by atomic mass is 9.57. The van der Waals surface area contributed by atoms with Crippen molar-refractivity contribution in [2.24, 2.45) is 10.8 Å². The molecule has 6 nitrogen and oxygen atoms in total. The summed E-state index contributed by atoms with van der Waals surface area (Å²) in [7, 11) is 0. The molecule has 0 amide bonds. The molecule has 2 fully saturated rings. The Balaban J connectivity index is 1.56. The van der Waals surface area contributed by atoms with Gasteiger partial charge in [0.1, 0.15) is 11.5 Å². The van der Waals surface area contributed by atoms with Crippen LogP contribution in [0.5, 0.6) is 11.5 Å². The van der Waals surface area contributed by atoms with Crippen molar-refractivity contribution in [1.29, 1.82) is 0 Å². The minimum absolute atomic E-state index is 0.133. The molecule has 0 bridgehead atoms. The van der Waals surface area contributed by atoms with Crippen LogP contribution < -0.4 is 4.74 Å². The van der Waals surface area contributed by atoms with Crippen molar-refractivity contribution in [1.82, 2.24) is 0 Å². The van der Waals surface area contributed by atoms with Crippen molar-refractivity contribution in [3.05, 3.63) is 71.8 Å². The number of benzene rings is 4. The first kappa shape index (κ1) is 23.9. The fourth-order valence-corrected chi connectivity index (χ4v) is 7.27. The van der Waals surface area contributed by atoms with Crippen LogP contribution in [0.3, 0.4) is 0 Å². The molecule has 6 heteroatoms. The average Bonchev–Trinajstić information content (AvgIpc) is 3.03. The molecule has 7 rings (SSSR count). The molecule has 2 saturated heterocycles. The lowest BCUT2D eigenvalue weighted by molar-refractivity contribution is -0.626. The van der Waals surface area contributed by atoms with Gasteiger partial charge in [0, 0.05) is 33.1 Å². The zero-order valence-corrected chi connectivity index (χ0v) is 22.4. The predicted octanol–water partition coefficient (Wildman–Crippen LogP) is 7.19. The summed E-state index contributed by atoms with van der Waals surface area (Å²) in [5.41, 5.74) is 1.89. The molecule has 4 aromatic rings. The molecular formula is C32H32O6. The van der Waals surface area contributed by atoms with E-state index in [1.54, 1.807) is 6.07 Å². The standard InChI is InChI=1S/C32H32O6/c1-29(2,3)32-30(4,5)17-36-31(32,37-38-32)24-15-25(33)26(23-13-9-8-12-22(23)24)27-21-11-7-6-10-19(21)14-20-16-34-18-35-28(20)27/h6-15,33H,16-18H2,1-5H3/t31-,32-/m0/s1. The van der Waals surface area contributed by atoms with E-state index in [1.807, 2.05) is 30.3 Å². The molecule has 3 aliphatic heterocycles. The Labute approximate surface area is 222 Å². The second-order valence-corrected chi connectivity index (χ2v) is 12.3. The first-order chi connectivity index (χ1) is 18.1. The summed E-state index contributed by atoms with van der Waals surface area (Å²) in [5.74, 6) is -0.285. The maximum absolute atomic E-state index is 11.9. The van der Waals surface area contributed by atoms with E-state index in [-0.39, 0.29) is 23.4 Å². The molecule has 0 unspecified atom stereocenters. The Morgan fingerprint density at radius 2 is 1.55 bits per heavy atom. The second kappa shape index (κ2) is 7.70. The van der Waals surface area contributed by atoms with Gasteiger partial charge in [-0.05, 0) is 33.7 Å². The van der Waals surface area contributed by atoms with Crippen LogP contribution in [0.15, 0.2) is 60.7 Å². The van der Waals surface area contributed by atoms with E-state index in [1.165, 1.54) is 0 Å². The van der Waals surface area contributed by atoms with Gasteiger partial charge in [0.15, 0.2) is 12.4 Å². The highest BCUT2D eigenvalue weighted by Crippen LogP contribution is 2.70. The van der Waals surface area contributed by atoms with E-state index in [2.05, 4.69) is 58.9 Å². The van der Waals surface area contributed by atoms with Crippen molar-refractivity contribution < 1.29 is 29.1 Å². The van der Waals surface area contributed by atoms with Gasteiger partial charge in [0.05, 0.1) is 13.2 Å². The first-order valence-electron chi connectivity index (χ1n) is 13.1. The molecule has 3 aliphatic rings. The zero-order valence-electron chi connectivity index (χ0n) is 22.4. The molecule has 0 saturated carbocycles. The van der Waals surface area contributed by atoms with Crippen molar-refractivity contribution in [2.45, 2.75) is 52.6 Å².